The van der Waals surface area contributed by atoms with Crippen LogP contribution in [-0.4, -0.2) is 9.55 Å². The van der Waals surface area contributed by atoms with Gasteiger partial charge in [0.2, 0.25) is 0 Å². The van der Waals surface area contributed by atoms with Gasteiger partial charge in [0.15, 0.2) is 0 Å². The van der Waals surface area contributed by atoms with Crippen LogP contribution in [0.3, 0.4) is 0 Å². The lowest BCUT2D eigenvalue weighted by Crippen LogP contribution is -1.97. The third-order valence-corrected chi connectivity index (χ3v) is 8.44. The average Bonchev–Trinajstić information content (AvgIpc) is 3.59. The van der Waals surface area contributed by atoms with E-state index in [1.165, 1.54) is 0 Å². The van der Waals surface area contributed by atoms with Gasteiger partial charge in [-0.2, -0.15) is 0 Å². The van der Waals surface area contributed by atoms with Crippen molar-refractivity contribution >= 4 is 43.4 Å². The molecule has 1 aromatic heterocycles. The van der Waals surface area contributed by atoms with E-state index >= 15 is 0 Å². The quantitative estimate of drug-likeness (QED) is 0.189. The van der Waals surface area contributed by atoms with Crippen molar-refractivity contribution in [3.05, 3.63) is 170 Å². The molecule has 0 amide bonds. The second kappa shape index (κ2) is 10.3. The van der Waals surface area contributed by atoms with E-state index in [0.717, 1.165) is 33.1 Å². The average molecular weight is 581 g/mol. The minimum Gasteiger partial charge on any atom is -0.292 e. The summed E-state index contributed by atoms with van der Waals surface area (Å²) in [6, 6.07) is 35.7. The fraction of sp³-hybridized carbons (Fsp3) is 0. The first-order valence-electron chi connectivity index (χ1n) is 18.7. The van der Waals surface area contributed by atoms with Crippen molar-refractivity contribution in [1.29, 1.82) is 0 Å². The van der Waals surface area contributed by atoms with Crippen LogP contribution in [0.1, 0.15) is 11.0 Å². The molecule has 0 spiro atoms. The number of nitrogens with zero attached hydrogens (tertiary/aromatic N) is 2. The van der Waals surface area contributed by atoms with Gasteiger partial charge in [-0.25, -0.2) is 4.98 Å². The maximum absolute atomic E-state index is 9.30. The zero-order chi connectivity index (χ0) is 36.7. The molecule has 45 heavy (non-hydrogen) atoms. The number of aromatic nitrogens is 2. The smallest absolute Gasteiger partial charge is 0.145 e. The molecule has 0 radical (unpaired) electrons. The molecule has 0 aliphatic rings. The van der Waals surface area contributed by atoms with Gasteiger partial charge in [0.05, 0.1) is 22.0 Å². The van der Waals surface area contributed by atoms with Crippen LogP contribution in [0.15, 0.2) is 170 Å². The van der Waals surface area contributed by atoms with E-state index in [2.05, 4.69) is 4.57 Å². The van der Waals surface area contributed by atoms with Gasteiger partial charge in [-0.3, -0.25) is 4.57 Å². The maximum Gasteiger partial charge on any atom is 0.145 e. The predicted molar refractivity (Wildman–Crippen MR) is 190 cm³/mol. The summed E-state index contributed by atoms with van der Waals surface area (Å²) < 4.78 is 74.3. The summed E-state index contributed by atoms with van der Waals surface area (Å²) in [5.41, 5.74) is 5.27. The van der Waals surface area contributed by atoms with Crippen molar-refractivity contribution in [2.24, 2.45) is 0 Å². The molecule has 0 bridgehead atoms. The Labute approximate surface area is 272 Å². The molecular formula is C43H28N2. The highest BCUT2D eigenvalue weighted by molar-refractivity contribution is 6.23. The first kappa shape index (κ1) is 18.6. The third kappa shape index (κ3) is 4.07. The van der Waals surface area contributed by atoms with Crippen molar-refractivity contribution < 1.29 is 11.0 Å². The van der Waals surface area contributed by atoms with Gasteiger partial charge >= 0.3 is 0 Å². The van der Waals surface area contributed by atoms with Crippen LogP contribution in [0, 0.1) is 0 Å². The number of fused-ring (bicyclic) bond motifs is 4. The molecule has 0 aliphatic carbocycles. The van der Waals surface area contributed by atoms with E-state index in [1.807, 2.05) is 121 Å². The van der Waals surface area contributed by atoms with Crippen LogP contribution >= 0.6 is 0 Å². The van der Waals surface area contributed by atoms with Crippen LogP contribution in [0.4, 0.5) is 0 Å². The highest BCUT2D eigenvalue weighted by Gasteiger charge is 2.19. The van der Waals surface area contributed by atoms with Crippen molar-refractivity contribution in [3.63, 3.8) is 0 Å². The number of rotatable bonds is 4. The van der Waals surface area contributed by atoms with Crippen molar-refractivity contribution in [3.8, 4) is 39.3 Å². The summed E-state index contributed by atoms with van der Waals surface area (Å²) in [6.45, 7) is 0. The summed E-state index contributed by atoms with van der Waals surface area (Å²) in [5.74, 6) is 0.703. The first-order valence-corrected chi connectivity index (χ1v) is 14.7. The molecule has 0 saturated carbocycles. The van der Waals surface area contributed by atoms with E-state index in [0.29, 0.717) is 28.1 Å². The summed E-state index contributed by atoms with van der Waals surface area (Å²) in [7, 11) is 0. The molecule has 0 aliphatic heterocycles. The Morgan fingerprint density at radius 1 is 0.467 bits per heavy atom. The molecule has 9 rings (SSSR count). The topological polar surface area (TPSA) is 17.8 Å². The van der Waals surface area contributed by atoms with Crippen molar-refractivity contribution in [1.82, 2.24) is 9.55 Å². The third-order valence-electron chi connectivity index (χ3n) is 8.44. The number of imidazole rings is 1. The molecule has 210 valence electrons. The molecule has 0 saturated heterocycles. The monoisotopic (exact) mass is 580 g/mol. The molecule has 0 atom stereocenters. The lowest BCUT2D eigenvalue weighted by Gasteiger charge is -2.19. The van der Waals surface area contributed by atoms with E-state index in [-0.39, 0.29) is 45.7 Å². The second-order valence-electron chi connectivity index (χ2n) is 10.9. The van der Waals surface area contributed by atoms with Gasteiger partial charge in [-0.1, -0.05) is 145 Å². The van der Waals surface area contributed by atoms with Gasteiger partial charge in [0.25, 0.3) is 0 Å². The van der Waals surface area contributed by atoms with Gasteiger partial charge in [0, 0.05) is 11.3 Å². The fourth-order valence-electron chi connectivity index (χ4n) is 6.47. The van der Waals surface area contributed by atoms with Crippen molar-refractivity contribution in [2.45, 2.75) is 0 Å². The Morgan fingerprint density at radius 3 is 1.78 bits per heavy atom. The minimum atomic E-state index is -0.430. The molecule has 0 N–H and O–H groups in total. The molecule has 2 heteroatoms. The van der Waals surface area contributed by atoms with Crippen LogP contribution in [0.2, 0.25) is 0 Å². The van der Waals surface area contributed by atoms with Crippen molar-refractivity contribution in [2.75, 3.05) is 0 Å². The first-order chi connectivity index (χ1) is 25.7. The molecule has 9 aromatic rings. The van der Waals surface area contributed by atoms with Crippen LogP contribution in [-0.2, 0) is 0 Å². The Morgan fingerprint density at radius 2 is 1.04 bits per heavy atom. The van der Waals surface area contributed by atoms with Crippen LogP contribution in [0.25, 0.3) is 82.7 Å². The van der Waals surface area contributed by atoms with Crippen LogP contribution in [0.5, 0.6) is 0 Å². The standard InChI is InChI=1S/C43H28N2/c1-2-15-32(16-3-1)45-40-24-11-10-23-39(40)44-43(45)31-27-25-30(26-28-31)41-35-18-6-8-20-37(35)42(38-21-9-7-19-36(38)41)34-22-12-14-29-13-4-5-17-33(29)34/h1-28H/i6D,7D,8D,9D,18D,19D,20D,21D. The number of hydrogen-bond donors (Lipinski definition) is 0. The Bertz CT molecular complexity index is 2890. The fourth-order valence-corrected chi connectivity index (χ4v) is 6.47. The second-order valence-corrected chi connectivity index (χ2v) is 10.9. The molecule has 8 aromatic carbocycles. The minimum absolute atomic E-state index is 0.181. The Kier molecular flexibility index (Phi) is 4.27. The molecule has 0 fully saturated rings. The highest BCUT2D eigenvalue weighted by Crippen LogP contribution is 2.45. The predicted octanol–water partition coefficient (Wildman–Crippen LogP) is 11.5. The van der Waals surface area contributed by atoms with Gasteiger partial charge < -0.3 is 0 Å². The Balaban J connectivity index is 1.41. The number of benzene rings is 8. The summed E-state index contributed by atoms with van der Waals surface area (Å²) in [4.78, 5) is 4.99. The maximum atomic E-state index is 9.30. The highest BCUT2D eigenvalue weighted by atomic mass is 15.1. The van der Waals surface area contributed by atoms with Crippen LogP contribution < -0.4 is 0 Å². The normalized spacial score (nSPS) is 14.0. The summed E-state index contributed by atoms with van der Waals surface area (Å²) >= 11 is 0. The number of para-hydroxylation sites is 3. The van der Waals surface area contributed by atoms with E-state index in [1.54, 1.807) is 0 Å². The SMILES string of the molecule is [2H]c1c([2H])c([2H])c2c(-c3cccc4ccccc34)c3c([2H])c([2H])c([2H])c([2H])c3c(-c3ccc(-c4nc5ccccc5n4-c4ccccc4)cc3)c2c1[2H]. The molecule has 1 heterocycles. The van der Waals surface area contributed by atoms with Gasteiger partial charge in [0.1, 0.15) is 5.82 Å². The summed E-state index contributed by atoms with van der Waals surface area (Å²) in [5, 5.41) is 2.41. The van der Waals surface area contributed by atoms with E-state index in [4.69, 9.17) is 10.5 Å². The Hall–Kier alpha value is -5.99. The van der Waals surface area contributed by atoms with E-state index in [9.17, 15) is 5.48 Å². The molecule has 2 nitrogen and oxygen atoms in total. The zero-order valence-corrected chi connectivity index (χ0v) is 23.9. The van der Waals surface area contributed by atoms with Gasteiger partial charge in [-0.15, -0.1) is 0 Å². The largest absolute Gasteiger partial charge is 0.292 e. The van der Waals surface area contributed by atoms with Gasteiger partial charge in [-0.05, 0) is 78.8 Å². The number of hydrogen-bond acceptors (Lipinski definition) is 1. The lowest BCUT2D eigenvalue weighted by atomic mass is 9.84. The van der Waals surface area contributed by atoms with E-state index < -0.39 is 24.2 Å². The molecular weight excluding hydrogens is 544 g/mol. The summed E-state index contributed by atoms with van der Waals surface area (Å²) in [6.07, 6.45) is 0. The molecule has 0 unspecified atom stereocenters. The lowest BCUT2D eigenvalue weighted by molar-refractivity contribution is 1.10. The zero-order valence-electron chi connectivity index (χ0n) is 31.9.